The number of hydrogen-bond acceptors (Lipinski definition) is 4. The number of aromatic nitrogens is 1. The standard InChI is InChI=1S/C15H21N3O/c1-11-8-15(14(9-16)12(2)17-11)18(3)10-13-4-6-19-7-5-13/h8,13H,4-7,10H2,1-3H3. The van der Waals surface area contributed by atoms with Gasteiger partial charge in [-0.2, -0.15) is 5.26 Å². The summed E-state index contributed by atoms with van der Waals surface area (Å²) in [4.78, 5) is 6.56. The first-order chi connectivity index (χ1) is 9.11. The molecule has 2 heterocycles. The molecule has 0 aliphatic carbocycles. The summed E-state index contributed by atoms with van der Waals surface area (Å²) in [5.41, 5.74) is 3.47. The molecule has 2 rings (SSSR count). The Morgan fingerprint density at radius 2 is 2.11 bits per heavy atom. The second kappa shape index (κ2) is 6.03. The number of pyridine rings is 1. The van der Waals surface area contributed by atoms with Gasteiger partial charge in [-0.05, 0) is 38.7 Å². The van der Waals surface area contributed by atoms with E-state index in [1.807, 2.05) is 19.9 Å². The highest BCUT2D eigenvalue weighted by Gasteiger charge is 2.18. The van der Waals surface area contributed by atoms with Gasteiger partial charge in [0.1, 0.15) is 6.07 Å². The molecule has 0 amide bonds. The monoisotopic (exact) mass is 259 g/mol. The molecule has 19 heavy (non-hydrogen) atoms. The van der Waals surface area contributed by atoms with Crippen LogP contribution in [0.2, 0.25) is 0 Å². The summed E-state index contributed by atoms with van der Waals surface area (Å²) in [5.74, 6) is 0.652. The molecule has 0 bridgehead atoms. The Labute approximate surface area is 115 Å². The van der Waals surface area contributed by atoms with Gasteiger partial charge in [0.05, 0.1) is 16.9 Å². The number of anilines is 1. The molecule has 1 fully saturated rings. The van der Waals surface area contributed by atoms with Crippen LogP contribution in [0.25, 0.3) is 0 Å². The molecule has 0 unspecified atom stereocenters. The fraction of sp³-hybridized carbons (Fsp3) is 0.600. The van der Waals surface area contributed by atoms with Crippen molar-refractivity contribution in [1.82, 2.24) is 4.98 Å². The van der Waals surface area contributed by atoms with Gasteiger partial charge in [-0.15, -0.1) is 0 Å². The first-order valence-corrected chi connectivity index (χ1v) is 6.79. The molecule has 0 radical (unpaired) electrons. The minimum absolute atomic E-state index is 0.652. The first-order valence-electron chi connectivity index (χ1n) is 6.79. The number of nitriles is 1. The van der Waals surface area contributed by atoms with Crippen LogP contribution in [0.4, 0.5) is 5.69 Å². The zero-order chi connectivity index (χ0) is 13.8. The van der Waals surface area contributed by atoms with E-state index in [-0.39, 0.29) is 0 Å². The lowest BCUT2D eigenvalue weighted by atomic mass is 9.99. The Morgan fingerprint density at radius 1 is 1.42 bits per heavy atom. The predicted octanol–water partition coefficient (Wildman–Crippen LogP) is 2.43. The van der Waals surface area contributed by atoms with Crippen LogP contribution < -0.4 is 4.90 Å². The van der Waals surface area contributed by atoms with Gasteiger partial charge < -0.3 is 9.64 Å². The van der Waals surface area contributed by atoms with Crippen LogP contribution in [0.15, 0.2) is 6.07 Å². The molecular formula is C15H21N3O. The fourth-order valence-electron chi connectivity index (χ4n) is 2.66. The second-order valence-electron chi connectivity index (χ2n) is 5.29. The fourth-order valence-corrected chi connectivity index (χ4v) is 2.66. The smallest absolute Gasteiger partial charge is 0.103 e. The summed E-state index contributed by atoms with van der Waals surface area (Å²) in [5, 5.41) is 9.31. The third-order valence-electron chi connectivity index (χ3n) is 3.70. The minimum Gasteiger partial charge on any atom is -0.381 e. The highest BCUT2D eigenvalue weighted by atomic mass is 16.5. The molecule has 0 spiro atoms. The number of ether oxygens (including phenoxy) is 1. The van der Waals surface area contributed by atoms with Gasteiger partial charge in [-0.1, -0.05) is 0 Å². The van der Waals surface area contributed by atoms with Crippen molar-refractivity contribution in [3.05, 3.63) is 23.0 Å². The molecule has 102 valence electrons. The lowest BCUT2D eigenvalue weighted by Gasteiger charge is -2.29. The SMILES string of the molecule is Cc1cc(N(C)CC2CCOCC2)c(C#N)c(C)n1. The molecule has 1 saturated heterocycles. The zero-order valence-corrected chi connectivity index (χ0v) is 11.9. The number of nitrogens with zero attached hydrogens (tertiary/aromatic N) is 3. The van der Waals surface area contributed by atoms with Crippen molar-refractivity contribution in [1.29, 1.82) is 5.26 Å². The number of aryl methyl sites for hydroxylation is 2. The van der Waals surface area contributed by atoms with Gasteiger partial charge >= 0.3 is 0 Å². The number of rotatable bonds is 3. The van der Waals surface area contributed by atoms with Crippen molar-refractivity contribution < 1.29 is 4.74 Å². The Bertz CT molecular complexity index is 487. The second-order valence-corrected chi connectivity index (χ2v) is 5.29. The van der Waals surface area contributed by atoms with Crippen LogP contribution in [-0.2, 0) is 4.74 Å². The van der Waals surface area contributed by atoms with E-state index in [0.29, 0.717) is 11.5 Å². The molecule has 0 saturated carbocycles. The van der Waals surface area contributed by atoms with E-state index < -0.39 is 0 Å². The van der Waals surface area contributed by atoms with E-state index in [2.05, 4.69) is 23.0 Å². The Hall–Kier alpha value is -1.60. The molecule has 1 aliphatic heterocycles. The van der Waals surface area contributed by atoms with Crippen LogP contribution in [0.5, 0.6) is 0 Å². The lowest BCUT2D eigenvalue weighted by molar-refractivity contribution is 0.0685. The molecule has 1 aromatic rings. The van der Waals surface area contributed by atoms with Crippen molar-refractivity contribution in [2.24, 2.45) is 5.92 Å². The van der Waals surface area contributed by atoms with E-state index in [9.17, 15) is 5.26 Å². The number of hydrogen-bond donors (Lipinski definition) is 0. The highest BCUT2D eigenvalue weighted by molar-refractivity contribution is 5.61. The summed E-state index contributed by atoms with van der Waals surface area (Å²) in [6, 6.07) is 4.29. The van der Waals surface area contributed by atoms with Gasteiger partial charge in [-0.3, -0.25) is 4.98 Å². The van der Waals surface area contributed by atoms with Crippen LogP contribution in [0.1, 0.15) is 29.8 Å². The van der Waals surface area contributed by atoms with E-state index >= 15 is 0 Å². The summed E-state index contributed by atoms with van der Waals surface area (Å²) in [6.45, 7) is 6.56. The largest absolute Gasteiger partial charge is 0.381 e. The summed E-state index contributed by atoms with van der Waals surface area (Å²) < 4.78 is 5.39. The molecule has 1 aliphatic rings. The van der Waals surface area contributed by atoms with Crippen LogP contribution in [-0.4, -0.2) is 31.8 Å². The van der Waals surface area contributed by atoms with Crippen molar-refractivity contribution >= 4 is 5.69 Å². The van der Waals surface area contributed by atoms with Crippen LogP contribution >= 0.6 is 0 Å². The molecule has 0 aromatic carbocycles. The quantitative estimate of drug-likeness (QED) is 0.836. The van der Waals surface area contributed by atoms with Crippen LogP contribution in [0.3, 0.4) is 0 Å². The van der Waals surface area contributed by atoms with Crippen molar-refractivity contribution in [2.45, 2.75) is 26.7 Å². The summed E-state index contributed by atoms with van der Waals surface area (Å²) in [6.07, 6.45) is 2.21. The van der Waals surface area contributed by atoms with Gasteiger partial charge in [0, 0.05) is 32.5 Å². The summed E-state index contributed by atoms with van der Waals surface area (Å²) in [7, 11) is 2.06. The van der Waals surface area contributed by atoms with Gasteiger partial charge in [-0.25, -0.2) is 0 Å². The molecular weight excluding hydrogens is 238 g/mol. The van der Waals surface area contributed by atoms with Crippen LogP contribution in [0, 0.1) is 31.1 Å². The molecule has 4 heteroatoms. The normalized spacial score (nSPS) is 16.1. The molecule has 4 nitrogen and oxygen atoms in total. The maximum Gasteiger partial charge on any atom is 0.103 e. The molecule has 0 atom stereocenters. The Kier molecular flexibility index (Phi) is 4.39. The summed E-state index contributed by atoms with van der Waals surface area (Å²) >= 11 is 0. The van der Waals surface area contributed by atoms with Crippen molar-refractivity contribution in [3.8, 4) is 6.07 Å². The van der Waals surface area contributed by atoms with Crippen molar-refractivity contribution in [2.75, 3.05) is 31.7 Å². The van der Waals surface area contributed by atoms with E-state index in [1.165, 1.54) is 0 Å². The maximum absolute atomic E-state index is 9.31. The van der Waals surface area contributed by atoms with Crippen molar-refractivity contribution in [3.63, 3.8) is 0 Å². The van der Waals surface area contributed by atoms with E-state index in [4.69, 9.17) is 4.74 Å². The highest BCUT2D eigenvalue weighted by Crippen LogP contribution is 2.25. The predicted molar refractivity (Wildman–Crippen MR) is 75.2 cm³/mol. The molecule has 1 aromatic heterocycles. The average molecular weight is 259 g/mol. The van der Waals surface area contributed by atoms with Gasteiger partial charge in [0.2, 0.25) is 0 Å². The topological polar surface area (TPSA) is 49.1 Å². The lowest BCUT2D eigenvalue weighted by Crippen LogP contribution is -2.30. The minimum atomic E-state index is 0.652. The van der Waals surface area contributed by atoms with E-state index in [0.717, 1.165) is 49.7 Å². The Morgan fingerprint density at radius 3 is 2.74 bits per heavy atom. The van der Waals surface area contributed by atoms with E-state index in [1.54, 1.807) is 0 Å². The van der Waals surface area contributed by atoms with Gasteiger partial charge in [0.15, 0.2) is 0 Å². The zero-order valence-electron chi connectivity index (χ0n) is 11.9. The first kappa shape index (κ1) is 13.8. The third kappa shape index (κ3) is 3.24. The average Bonchev–Trinajstić information content (AvgIpc) is 2.39. The maximum atomic E-state index is 9.31. The third-order valence-corrected chi connectivity index (χ3v) is 3.70. The molecule has 0 N–H and O–H groups in total. The Balaban J connectivity index is 2.18. The van der Waals surface area contributed by atoms with Gasteiger partial charge in [0.25, 0.3) is 0 Å².